The molecule has 0 amide bonds. The van der Waals surface area contributed by atoms with E-state index in [9.17, 15) is 4.39 Å². The smallest absolute Gasteiger partial charge is 0.151 e. The summed E-state index contributed by atoms with van der Waals surface area (Å²) < 4.78 is 17.6. The predicted molar refractivity (Wildman–Crippen MR) is 113 cm³/mol. The normalized spacial score (nSPS) is 15.2. The molecular formula is C22H23FN6O. The molecule has 5 rings (SSSR count). The van der Waals surface area contributed by atoms with E-state index in [1.54, 1.807) is 16.9 Å². The molecule has 0 unspecified atom stereocenters. The van der Waals surface area contributed by atoms with Crippen LogP contribution in [0.25, 0.3) is 22.2 Å². The van der Waals surface area contributed by atoms with E-state index in [0.717, 1.165) is 53.9 Å². The number of anilines is 1. The molecule has 0 radical (unpaired) electrons. The average molecular weight is 406 g/mol. The Kier molecular flexibility index (Phi) is 4.92. The quantitative estimate of drug-likeness (QED) is 0.551. The van der Waals surface area contributed by atoms with Gasteiger partial charge in [-0.1, -0.05) is 0 Å². The number of hydrogen-bond acceptors (Lipinski definition) is 5. The summed E-state index contributed by atoms with van der Waals surface area (Å²) in [7, 11) is 0. The molecule has 0 spiro atoms. The molecule has 0 aliphatic carbocycles. The van der Waals surface area contributed by atoms with Crippen LogP contribution in [0.1, 0.15) is 18.9 Å². The van der Waals surface area contributed by atoms with E-state index in [0.29, 0.717) is 12.6 Å². The van der Waals surface area contributed by atoms with Gasteiger partial charge in [0.1, 0.15) is 5.82 Å². The summed E-state index contributed by atoms with van der Waals surface area (Å²) in [5.74, 6) is 0.667. The van der Waals surface area contributed by atoms with E-state index in [1.807, 2.05) is 30.5 Å². The predicted octanol–water partition coefficient (Wildman–Crippen LogP) is 3.27. The third-order valence-electron chi connectivity index (χ3n) is 5.78. The Bertz CT molecular complexity index is 1140. The van der Waals surface area contributed by atoms with Crippen LogP contribution in [0.2, 0.25) is 0 Å². The van der Waals surface area contributed by atoms with E-state index in [1.165, 1.54) is 6.07 Å². The highest BCUT2D eigenvalue weighted by molar-refractivity contribution is 5.80. The van der Waals surface area contributed by atoms with Crippen molar-refractivity contribution in [1.82, 2.24) is 24.5 Å². The molecule has 7 nitrogen and oxygen atoms in total. The number of fused-ring (bicyclic) bond motifs is 1. The first kappa shape index (κ1) is 18.7. The number of hydrogen-bond donors (Lipinski definition) is 1. The van der Waals surface area contributed by atoms with Crippen molar-refractivity contribution in [1.29, 1.82) is 0 Å². The summed E-state index contributed by atoms with van der Waals surface area (Å²) in [5.41, 5.74) is 2.60. The number of aliphatic hydroxyl groups excluding tert-OH is 1. The van der Waals surface area contributed by atoms with Crippen LogP contribution in [-0.2, 0) is 6.54 Å². The maximum atomic E-state index is 13.7. The van der Waals surface area contributed by atoms with Gasteiger partial charge in [0.2, 0.25) is 0 Å². The summed E-state index contributed by atoms with van der Waals surface area (Å²) in [6.07, 6.45) is 7.59. The van der Waals surface area contributed by atoms with E-state index in [-0.39, 0.29) is 12.4 Å². The zero-order valence-corrected chi connectivity index (χ0v) is 16.5. The Labute approximate surface area is 173 Å². The zero-order chi connectivity index (χ0) is 20.5. The van der Waals surface area contributed by atoms with E-state index < -0.39 is 0 Å². The molecule has 30 heavy (non-hydrogen) atoms. The van der Waals surface area contributed by atoms with Crippen LogP contribution in [0, 0.1) is 5.82 Å². The van der Waals surface area contributed by atoms with Crippen LogP contribution in [0.4, 0.5) is 10.2 Å². The lowest BCUT2D eigenvalue weighted by atomic mass is 10.0. The van der Waals surface area contributed by atoms with Crippen LogP contribution >= 0.6 is 0 Å². The fourth-order valence-corrected chi connectivity index (χ4v) is 4.18. The van der Waals surface area contributed by atoms with E-state index in [2.05, 4.69) is 31.0 Å². The van der Waals surface area contributed by atoms with Crippen molar-refractivity contribution in [2.24, 2.45) is 0 Å². The third kappa shape index (κ3) is 3.54. The molecule has 0 saturated carbocycles. The Morgan fingerprint density at radius 2 is 1.93 bits per heavy atom. The molecule has 4 aromatic rings. The lowest BCUT2D eigenvalue weighted by molar-refractivity contribution is 0.269. The van der Waals surface area contributed by atoms with Crippen LogP contribution in [0.3, 0.4) is 0 Å². The largest absolute Gasteiger partial charge is 0.394 e. The topological polar surface area (TPSA) is 72.0 Å². The second-order valence-corrected chi connectivity index (χ2v) is 7.64. The van der Waals surface area contributed by atoms with Crippen LogP contribution < -0.4 is 4.90 Å². The Morgan fingerprint density at radius 3 is 2.70 bits per heavy atom. The molecule has 1 N–H and O–H groups in total. The van der Waals surface area contributed by atoms with E-state index in [4.69, 9.17) is 5.11 Å². The van der Waals surface area contributed by atoms with Crippen molar-refractivity contribution in [3.63, 3.8) is 0 Å². The lowest BCUT2D eigenvalue weighted by Crippen LogP contribution is -2.35. The van der Waals surface area contributed by atoms with Crippen molar-refractivity contribution in [3.05, 3.63) is 60.8 Å². The Balaban J connectivity index is 1.26. The minimum Gasteiger partial charge on any atom is -0.394 e. The van der Waals surface area contributed by atoms with Crippen molar-refractivity contribution in [2.45, 2.75) is 25.4 Å². The summed E-state index contributed by atoms with van der Waals surface area (Å²) >= 11 is 0. The van der Waals surface area contributed by atoms with Gasteiger partial charge in [-0.15, -0.1) is 10.2 Å². The molecular weight excluding hydrogens is 383 g/mol. The molecule has 3 aromatic heterocycles. The minimum absolute atomic E-state index is 0.0510. The van der Waals surface area contributed by atoms with Crippen LogP contribution in [-0.4, -0.2) is 49.3 Å². The van der Waals surface area contributed by atoms with Gasteiger partial charge in [-0.05, 0) is 54.6 Å². The Morgan fingerprint density at radius 1 is 1.07 bits per heavy atom. The SMILES string of the molecule is OCCn1cc(-c2ccc(N3CCC(n4ccc5ccc(F)cc54)CC3)nn2)cn1. The van der Waals surface area contributed by atoms with E-state index >= 15 is 0 Å². The van der Waals surface area contributed by atoms with Crippen molar-refractivity contribution in [2.75, 3.05) is 24.6 Å². The average Bonchev–Trinajstić information content (AvgIpc) is 3.41. The van der Waals surface area contributed by atoms with Crippen LogP contribution in [0.15, 0.2) is 55.0 Å². The highest BCUT2D eigenvalue weighted by atomic mass is 19.1. The number of halogens is 1. The summed E-state index contributed by atoms with van der Waals surface area (Å²) in [5, 5.41) is 23.1. The fraction of sp³-hybridized carbons (Fsp3) is 0.318. The number of nitrogens with zero attached hydrogens (tertiary/aromatic N) is 6. The van der Waals surface area contributed by atoms with Gasteiger partial charge in [0.25, 0.3) is 0 Å². The maximum Gasteiger partial charge on any atom is 0.151 e. The molecule has 8 heteroatoms. The third-order valence-corrected chi connectivity index (χ3v) is 5.78. The molecule has 0 bridgehead atoms. The number of piperidine rings is 1. The number of benzene rings is 1. The second kappa shape index (κ2) is 7.87. The number of aromatic nitrogens is 5. The first-order valence-electron chi connectivity index (χ1n) is 10.2. The van der Waals surface area contributed by atoms with Crippen molar-refractivity contribution in [3.8, 4) is 11.3 Å². The Hall–Kier alpha value is -3.26. The fourth-order valence-electron chi connectivity index (χ4n) is 4.18. The highest BCUT2D eigenvalue weighted by Gasteiger charge is 2.22. The number of aliphatic hydroxyl groups is 1. The van der Waals surface area contributed by atoms with Gasteiger partial charge >= 0.3 is 0 Å². The van der Waals surface area contributed by atoms with Crippen molar-refractivity contribution >= 4 is 16.7 Å². The highest BCUT2D eigenvalue weighted by Crippen LogP contribution is 2.30. The summed E-state index contributed by atoms with van der Waals surface area (Å²) in [4.78, 5) is 2.24. The van der Waals surface area contributed by atoms with Crippen molar-refractivity contribution < 1.29 is 9.50 Å². The molecule has 1 aromatic carbocycles. The van der Waals surface area contributed by atoms with Gasteiger partial charge in [-0.3, -0.25) is 4.68 Å². The maximum absolute atomic E-state index is 13.7. The monoisotopic (exact) mass is 406 g/mol. The molecule has 1 fully saturated rings. The molecule has 1 aliphatic rings. The van der Waals surface area contributed by atoms with Gasteiger partial charge < -0.3 is 14.6 Å². The first-order valence-corrected chi connectivity index (χ1v) is 10.2. The summed E-state index contributed by atoms with van der Waals surface area (Å²) in [6, 6.07) is 11.3. The molecule has 0 atom stereocenters. The van der Waals surface area contributed by atoms with Crippen LogP contribution in [0.5, 0.6) is 0 Å². The van der Waals surface area contributed by atoms with Gasteiger partial charge in [0.05, 0.1) is 30.6 Å². The van der Waals surface area contributed by atoms with Gasteiger partial charge in [0, 0.05) is 37.1 Å². The minimum atomic E-state index is -0.197. The van der Waals surface area contributed by atoms with Gasteiger partial charge in [-0.2, -0.15) is 5.10 Å². The molecule has 1 saturated heterocycles. The second-order valence-electron chi connectivity index (χ2n) is 7.64. The standard InChI is InChI=1S/C22H23FN6O/c23-18-2-1-16-5-10-29(21(16)13-18)19-6-8-27(9-7-19)22-4-3-20(25-26-22)17-14-24-28(15-17)11-12-30/h1-5,10,13-15,19,30H,6-9,11-12H2. The first-order chi connectivity index (χ1) is 14.7. The zero-order valence-electron chi connectivity index (χ0n) is 16.5. The van der Waals surface area contributed by atoms with Gasteiger partial charge in [-0.25, -0.2) is 4.39 Å². The van der Waals surface area contributed by atoms with Gasteiger partial charge in [0.15, 0.2) is 5.82 Å². The molecule has 4 heterocycles. The molecule has 154 valence electrons. The summed E-state index contributed by atoms with van der Waals surface area (Å²) in [6.45, 7) is 2.27. The number of rotatable bonds is 5. The molecule has 1 aliphatic heterocycles. The lowest BCUT2D eigenvalue weighted by Gasteiger charge is -2.33.